The van der Waals surface area contributed by atoms with E-state index >= 15 is 0 Å². The molecule has 2 aromatic carbocycles. The van der Waals surface area contributed by atoms with Gasteiger partial charge in [-0.15, -0.1) is 0 Å². The van der Waals surface area contributed by atoms with Crippen LogP contribution in [0.2, 0.25) is 10.0 Å². The predicted octanol–water partition coefficient (Wildman–Crippen LogP) is 5.10. The summed E-state index contributed by atoms with van der Waals surface area (Å²) in [5.41, 5.74) is 0.702. The van der Waals surface area contributed by atoms with E-state index in [4.69, 9.17) is 32.7 Å². The summed E-state index contributed by atoms with van der Waals surface area (Å²) >= 11 is 12.4. The molecule has 0 aliphatic heterocycles. The molecule has 32 heavy (non-hydrogen) atoms. The molecule has 2 aromatic rings. The van der Waals surface area contributed by atoms with Crippen LogP contribution in [0.3, 0.4) is 0 Å². The van der Waals surface area contributed by atoms with E-state index in [2.05, 4.69) is 12.2 Å². The van der Waals surface area contributed by atoms with Gasteiger partial charge in [0, 0.05) is 23.1 Å². The molecule has 1 N–H and O–H groups in total. The Hall–Kier alpha value is -2.44. The summed E-state index contributed by atoms with van der Waals surface area (Å²) in [6.45, 7) is 4.45. The van der Waals surface area contributed by atoms with Crippen molar-refractivity contribution >= 4 is 35.0 Å². The van der Waals surface area contributed by atoms with Crippen molar-refractivity contribution < 1.29 is 19.1 Å². The second-order valence-corrected chi connectivity index (χ2v) is 8.13. The smallest absolute Gasteiger partial charge is 0.261 e. The zero-order valence-corrected chi connectivity index (χ0v) is 20.2. The lowest BCUT2D eigenvalue weighted by molar-refractivity contribution is -0.143. The fourth-order valence-corrected chi connectivity index (χ4v) is 3.63. The number of carbonyl (C=O) groups excluding carboxylic acids is 2. The first-order valence-corrected chi connectivity index (χ1v) is 11.4. The van der Waals surface area contributed by atoms with Crippen molar-refractivity contribution in [2.45, 2.75) is 45.7 Å². The van der Waals surface area contributed by atoms with Gasteiger partial charge in [0.05, 0.1) is 7.11 Å². The lowest BCUT2D eigenvalue weighted by atomic mass is 10.1. The van der Waals surface area contributed by atoms with Gasteiger partial charge in [-0.3, -0.25) is 9.59 Å². The van der Waals surface area contributed by atoms with Crippen LogP contribution in [0.1, 0.15) is 38.7 Å². The van der Waals surface area contributed by atoms with Crippen molar-refractivity contribution in [1.82, 2.24) is 10.2 Å². The molecule has 0 saturated heterocycles. The number of carbonyl (C=O) groups is 2. The van der Waals surface area contributed by atoms with Crippen LogP contribution < -0.4 is 14.8 Å². The summed E-state index contributed by atoms with van der Waals surface area (Å²) in [5.74, 6) is 0.717. The van der Waals surface area contributed by atoms with Gasteiger partial charge in [0.1, 0.15) is 17.5 Å². The molecule has 0 spiro atoms. The fraction of sp³-hybridized carbons (Fsp3) is 0.417. The summed E-state index contributed by atoms with van der Waals surface area (Å²) in [7, 11) is 1.58. The third kappa shape index (κ3) is 7.61. The minimum absolute atomic E-state index is 0.167. The molecular formula is C24H30Cl2N2O4. The fourth-order valence-electron chi connectivity index (χ4n) is 3.16. The van der Waals surface area contributed by atoms with Gasteiger partial charge in [-0.05, 0) is 54.8 Å². The zero-order chi connectivity index (χ0) is 23.5. The average molecular weight is 481 g/mol. The Bertz CT molecular complexity index is 890. The third-order valence-electron chi connectivity index (χ3n) is 4.99. The number of nitrogens with zero attached hydrogens (tertiary/aromatic N) is 1. The van der Waals surface area contributed by atoms with Crippen molar-refractivity contribution in [2.24, 2.45) is 0 Å². The van der Waals surface area contributed by atoms with Gasteiger partial charge in [-0.25, -0.2) is 0 Å². The number of halogens is 2. The molecule has 0 saturated carbocycles. The number of methoxy groups -OCH3 is 1. The summed E-state index contributed by atoms with van der Waals surface area (Å²) in [6, 6.07) is 11.4. The first kappa shape index (κ1) is 25.8. The van der Waals surface area contributed by atoms with Crippen LogP contribution >= 0.6 is 23.2 Å². The Morgan fingerprint density at radius 1 is 1.06 bits per heavy atom. The van der Waals surface area contributed by atoms with Crippen molar-refractivity contribution in [3.63, 3.8) is 0 Å². The highest BCUT2D eigenvalue weighted by molar-refractivity contribution is 6.35. The zero-order valence-electron chi connectivity index (χ0n) is 18.7. The van der Waals surface area contributed by atoms with E-state index in [1.54, 1.807) is 49.6 Å². The molecule has 0 unspecified atom stereocenters. The van der Waals surface area contributed by atoms with E-state index in [-0.39, 0.29) is 25.0 Å². The molecule has 0 aliphatic rings. The summed E-state index contributed by atoms with van der Waals surface area (Å²) in [4.78, 5) is 27.6. The molecule has 0 aliphatic carbocycles. The molecule has 0 aromatic heterocycles. The lowest BCUT2D eigenvalue weighted by Crippen LogP contribution is -2.50. The summed E-state index contributed by atoms with van der Waals surface area (Å²) < 4.78 is 10.8. The van der Waals surface area contributed by atoms with E-state index in [0.717, 1.165) is 12.8 Å². The minimum atomic E-state index is -0.648. The second kappa shape index (κ2) is 13.2. The average Bonchev–Trinajstić information content (AvgIpc) is 2.79. The number of ether oxygens (including phenoxy) is 2. The quantitative estimate of drug-likeness (QED) is 0.428. The third-order valence-corrected chi connectivity index (χ3v) is 5.58. The second-order valence-electron chi connectivity index (χ2n) is 7.29. The van der Waals surface area contributed by atoms with Gasteiger partial charge >= 0.3 is 0 Å². The van der Waals surface area contributed by atoms with Gasteiger partial charge in [0.15, 0.2) is 6.61 Å². The topological polar surface area (TPSA) is 67.9 Å². The molecule has 8 heteroatoms. The first-order valence-electron chi connectivity index (χ1n) is 10.7. The molecule has 174 valence electrons. The van der Waals surface area contributed by atoms with Crippen LogP contribution in [-0.2, 0) is 16.1 Å². The predicted molar refractivity (Wildman–Crippen MR) is 127 cm³/mol. The number of hydrogen-bond donors (Lipinski definition) is 1. The monoisotopic (exact) mass is 480 g/mol. The van der Waals surface area contributed by atoms with Gasteiger partial charge < -0.3 is 19.7 Å². The molecule has 0 radical (unpaired) electrons. The Morgan fingerprint density at radius 3 is 2.34 bits per heavy atom. The van der Waals surface area contributed by atoms with Crippen LogP contribution in [0.25, 0.3) is 0 Å². The Labute approximate surface area is 199 Å². The first-order chi connectivity index (χ1) is 15.4. The van der Waals surface area contributed by atoms with Crippen LogP contribution in [0.15, 0.2) is 42.5 Å². The number of rotatable bonds is 12. The lowest BCUT2D eigenvalue weighted by Gasteiger charge is -2.31. The van der Waals surface area contributed by atoms with E-state index < -0.39 is 6.04 Å². The van der Waals surface area contributed by atoms with Gasteiger partial charge in [0.2, 0.25) is 5.91 Å². The SMILES string of the molecule is CCCCNC(=O)[C@H](CC)N(Cc1ccc(Cl)cc1Cl)C(=O)COc1ccc(OC)cc1. The highest BCUT2D eigenvalue weighted by atomic mass is 35.5. The molecule has 0 heterocycles. The molecular weight excluding hydrogens is 451 g/mol. The van der Waals surface area contributed by atoms with E-state index in [1.165, 1.54) is 4.90 Å². The van der Waals surface area contributed by atoms with E-state index in [0.29, 0.717) is 40.1 Å². The number of amides is 2. The Morgan fingerprint density at radius 2 is 1.75 bits per heavy atom. The van der Waals surface area contributed by atoms with Crippen molar-refractivity contribution in [3.05, 3.63) is 58.1 Å². The van der Waals surface area contributed by atoms with Crippen LogP contribution in [0.4, 0.5) is 0 Å². The number of unbranched alkanes of at least 4 members (excludes halogenated alkanes) is 1. The molecule has 6 nitrogen and oxygen atoms in total. The molecule has 2 amide bonds. The van der Waals surface area contributed by atoms with Gasteiger partial charge in [-0.1, -0.05) is 49.5 Å². The standard InChI is InChI=1S/C24H30Cl2N2O4/c1-4-6-13-27-24(30)22(5-2)28(15-17-7-8-18(25)14-21(17)26)23(29)16-32-20-11-9-19(31-3)10-12-20/h7-12,14,22H,4-6,13,15-16H2,1-3H3,(H,27,30)/t22-/m0/s1. The summed E-state index contributed by atoms with van der Waals surface area (Å²) in [6.07, 6.45) is 2.30. The number of benzene rings is 2. The highest BCUT2D eigenvalue weighted by Crippen LogP contribution is 2.24. The van der Waals surface area contributed by atoms with Crippen molar-refractivity contribution in [2.75, 3.05) is 20.3 Å². The van der Waals surface area contributed by atoms with E-state index in [1.807, 2.05) is 6.92 Å². The maximum absolute atomic E-state index is 13.2. The Kier molecular flexibility index (Phi) is 10.6. The maximum Gasteiger partial charge on any atom is 0.261 e. The molecule has 0 fully saturated rings. The largest absolute Gasteiger partial charge is 0.497 e. The number of nitrogens with one attached hydrogen (secondary N) is 1. The van der Waals surface area contributed by atoms with Crippen molar-refractivity contribution in [1.29, 1.82) is 0 Å². The normalized spacial score (nSPS) is 11.5. The maximum atomic E-state index is 13.2. The molecule has 2 rings (SSSR count). The van der Waals surface area contributed by atoms with Crippen LogP contribution in [0, 0.1) is 0 Å². The molecule has 0 bridgehead atoms. The molecule has 1 atom stereocenters. The van der Waals surface area contributed by atoms with Gasteiger partial charge in [-0.2, -0.15) is 0 Å². The number of hydrogen-bond acceptors (Lipinski definition) is 4. The minimum Gasteiger partial charge on any atom is -0.497 e. The van der Waals surface area contributed by atoms with Crippen LogP contribution in [0.5, 0.6) is 11.5 Å². The van der Waals surface area contributed by atoms with Gasteiger partial charge in [0.25, 0.3) is 5.91 Å². The van der Waals surface area contributed by atoms with E-state index in [9.17, 15) is 9.59 Å². The summed E-state index contributed by atoms with van der Waals surface area (Å²) in [5, 5.41) is 3.87. The van der Waals surface area contributed by atoms with Crippen molar-refractivity contribution in [3.8, 4) is 11.5 Å². The Balaban J connectivity index is 2.19. The highest BCUT2D eigenvalue weighted by Gasteiger charge is 2.29. The van der Waals surface area contributed by atoms with Crippen LogP contribution in [-0.4, -0.2) is 43.0 Å².